The van der Waals surface area contributed by atoms with Crippen LogP contribution in [0.5, 0.6) is 0 Å². The molecule has 1 aromatic carbocycles. The number of alkyl halides is 3. The third-order valence-electron chi connectivity index (χ3n) is 3.39. The Bertz CT molecular complexity index is 604. The van der Waals surface area contributed by atoms with Gasteiger partial charge in [-0.15, -0.1) is 0 Å². The largest absolute Gasteiger partial charge is 0.406 e. The fraction of sp³-hybridized carbons (Fsp3) is 0.429. The second kappa shape index (κ2) is 6.16. The summed E-state index contributed by atoms with van der Waals surface area (Å²) in [4.78, 5) is 24.3. The number of halogens is 4. The van der Waals surface area contributed by atoms with Crippen molar-refractivity contribution in [2.24, 2.45) is 5.92 Å². The van der Waals surface area contributed by atoms with Gasteiger partial charge in [0.05, 0.1) is 5.92 Å². The summed E-state index contributed by atoms with van der Waals surface area (Å²) in [6, 6.07) is 4.91. The van der Waals surface area contributed by atoms with Crippen molar-refractivity contribution in [1.29, 1.82) is 0 Å². The van der Waals surface area contributed by atoms with Crippen LogP contribution in [0, 0.1) is 12.8 Å². The highest BCUT2D eigenvalue weighted by Gasteiger charge is 2.40. The first kappa shape index (κ1) is 16.6. The summed E-state index contributed by atoms with van der Waals surface area (Å²) in [5, 5.41) is 3.04. The highest BCUT2D eigenvalue weighted by atomic mass is 35.5. The zero-order chi connectivity index (χ0) is 16.5. The number of amides is 2. The Morgan fingerprint density at radius 1 is 1.45 bits per heavy atom. The van der Waals surface area contributed by atoms with Gasteiger partial charge in [-0.05, 0) is 24.6 Å². The van der Waals surface area contributed by atoms with Crippen LogP contribution in [-0.2, 0) is 9.59 Å². The molecule has 1 aliphatic rings. The first-order valence-corrected chi connectivity index (χ1v) is 6.95. The van der Waals surface area contributed by atoms with Gasteiger partial charge in [0.2, 0.25) is 11.8 Å². The lowest BCUT2D eigenvalue weighted by atomic mass is 10.1. The molecule has 1 N–H and O–H groups in total. The molecule has 1 aliphatic heterocycles. The van der Waals surface area contributed by atoms with E-state index in [1.54, 1.807) is 25.1 Å². The Balaban J connectivity index is 1.99. The van der Waals surface area contributed by atoms with Crippen molar-refractivity contribution in [1.82, 2.24) is 4.90 Å². The maximum atomic E-state index is 12.3. The number of carbonyl (C=O) groups excluding carboxylic acids is 2. The second-order valence-electron chi connectivity index (χ2n) is 5.24. The first-order chi connectivity index (χ1) is 10.2. The van der Waals surface area contributed by atoms with Crippen LogP contribution in [0.1, 0.15) is 12.0 Å². The fourth-order valence-electron chi connectivity index (χ4n) is 2.23. The van der Waals surface area contributed by atoms with E-state index in [2.05, 4.69) is 5.32 Å². The number of nitrogens with one attached hydrogen (secondary N) is 1. The molecule has 1 atom stereocenters. The van der Waals surface area contributed by atoms with E-state index in [-0.39, 0.29) is 13.0 Å². The molecule has 1 fully saturated rings. The molecule has 0 radical (unpaired) electrons. The number of benzene rings is 1. The standard InChI is InChI=1S/C14H14ClF3N2O2/c1-8-2-3-10(5-11(8)15)19-13(22)9-4-12(21)20(6-9)7-14(16,17)18/h2-3,5,9H,4,6-7H2,1H3,(H,19,22). The predicted molar refractivity (Wildman–Crippen MR) is 75.6 cm³/mol. The average Bonchev–Trinajstić information content (AvgIpc) is 2.73. The number of hydrogen-bond donors (Lipinski definition) is 1. The number of likely N-dealkylation sites (tertiary alicyclic amines) is 1. The summed E-state index contributed by atoms with van der Waals surface area (Å²) in [5.74, 6) is -1.95. The van der Waals surface area contributed by atoms with Crippen molar-refractivity contribution >= 4 is 29.1 Å². The number of rotatable bonds is 3. The van der Waals surface area contributed by atoms with Gasteiger partial charge in [0, 0.05) is 23.7 Å². The van der Waals surface area contributed by atoms with Crippen LogP contribution in [0.25, 0.3) is 0 Å². The van der Waals surface area contributed by atoms with E-state index in [9.17, 15) is 22.8 Å². The van der Waals surface area contributed by atoms with Crippen molar-refractivity contribution in [2.45, 2.75) is 19.5 Å². The lowest BCUT2D eigenvalue weighted by Crippen LogP contribution is -2.36. The molecule has 0 bridgehead atoms. The van der Waals surface area contributed by atoms with Crippen molar-refractivity contribution in [2.75, 3.05) is 18.4 Å². The molecule has 0 aromatic heterocycles. The molecular weight excluding hydrogens is 321 g/mol. The van der Waals surface area contributed by atoms with Gasteiger partial charge in [0.1, 0.15) is 6.54 Å². The van der Waals surface area contributed by atoms with Crippen LogP contribution in [-0.4, -0.2) is 36.0 Å². The van der Waals surface area contributed by atoms with E-state index in [4.69, 9.17) is 11.6 Å². The van der Waals surface area contributed by atoms with E-state index >= 15 is 0 Å². The Labute approximate surface area is 130 Å². The predicted octanol–water partition coefficient (Wildman–Crippen LogP) is 3.00. The molecule has 1 heterocycles. The van der Waals surface area contributed by atoms with Crippen molar-refractivity contribution < 1.29 is 22.8 Å². The molecule has 1 unspecified atom stereocenters. The van der Waals surface area contributed by atoms with E-state index < -0.39 is 30.5 Å². The summed E-state index contributed by atoms with van der Waals surface area (Å²) < 4.78 is 37.0. The molecule has 8 heteroatoms. The minimum absolute atomic E-state index is 0.221. The molecule has 120 valence electrons. The normalized spacial score (nSPS) is 18.7. The maximum absolute atomic E-state index is 12.3. The van der Waals surface area contributed by atoms with Crippen molar-refractivity contribution in [3.8, 4) is 0 Å². The number of hydrogen-bond acceptors (Lipinski definition) is 2. The van der Waals surface area contributed by atoms with Crippen LogP contribution in [0.15, 0.2) is 18.2 Å². The minimum atomic E-state index is -4.47. The molecule has 0 spiro atoms. The van der Waals surface area contributed by atoms with E-state index in [1.165, 1.54) is 0 Å². The summed E-state index contributed by atoms with van der Waals surface area (Å²) in [5.41, 5.74) is 1.29. The maximum Gasteiger partial charge on any atom is 0.406 e. The van der Waals surface area contributed by atoms with Crippen LogP contribution in [0.2, 0.25) is 5.02 Å². The van der Waals surface area contributed by atoms with Crippen LogP contribution in [0.3, 0.4) is 0 Å². The highest BCUT2D eigenvalue weighted by Crippen LogP contribution is 2.25. The summed E-state index contributed by atoms with van der Waals surface area (Å²) in [6.45, 7) is 0.244. The Hall–Kier alpha value is -1.76. The zero-order valence-corrected chi connectivity index (χ0v) is 12.5. The van der Waals surface area contributed by atoms with Crippen LogP contribution >= 0.6 is 11.6 Å². The van der Waals surface area contributed by atoms with Gasteiger partial charge in [-0.1, -0.05) is 17.7 Å². The molecule has 0 aliphatic carbocycles. The third-order valence-corrected chi connectivity index (χ3v) is 3.80. The summed E-state index contributed by atoms with van der Waals surface area (Å²) in [6.07, 6.45) is -4.69. The number of carbonyl (C=O) groups is 2. The van der Waals surface area contributed by atoms with Crippen LogP contribution < -0.4 is 5.32 Å². The Kier molecular flexibility index (Phi) is 4.65. The molecule has 4 nitrogen and oxygen atoms in total. The SMILES string of the molecule is Cc1ccc(NC(=O)C2CC(=O)N(CC(F)(F)F)C2)cc1Cl. The van der Waals surface area contributed by atoms with Gasteiger partial charge in [0.25, 0.3) is 0 Å². The second-order valence-corrected chi connectivity index (χ2v) is 5.65. The Morgan fingerprint density at radius 3 is 2.73 bits per heavy atom. The fourth-order valence-corrected chi connectivity index (χ4v) is 2.41. The smallest absolute Gasteiger partial charge is 0.333 e. The van der Waals surface area contributed by atoms with Crippen molar-refractivity contribution in [3.63, 3.8) is 0 Å². The Morgan fingerprint density at radius 2 is 2.14 bits per heavy atom. The molecule has 0 saturated carbocycles. The lowest BCUT2D eigenvalue weighted by molar-refractivity contribution is -0.157. The highest BCUT2D eigenvalue weighted by molar-refractivity contribution is 6.31. The zero-order valence-electron chi connectivity index (χ0n) is 11.7. The van der Waals surface area contributed by atoms with Gasteiger partial charge in [-0.3, -0.25) is 9.59 Å². The topological polar surface area (TPSA) is 49.4 Å². The minimum Gasteiger partial charge on any atom is -0.333 e. The monoisotopic (exact) mass is 334 g/mol. The molecule has 22 heavy (non-hydrogen) atoms. The number of aryl methyl sites for hydroxylation is 1. The van der Waals surface area contributed by atoms with Crippen molar-refractivity contribution in [3.05, 3.63) is 28.8 Å². The third kappa shape index (κ3) is 4.13. The van der Waals surface area contributed by atoms with Gasteiger partial charge in [-0.2, -0.15) is 13.2 Å². The molecule has 2 rings (SSSR count). The van der Waals surface area contributed by atoms with Gasteiger partial charge < -0.3 is 10.2 Å². The van der Waals surface area contributed by atoms with Gasteiger partial charge in [0.15, 0.2) is 0 Å². The van der Waals surface area contributed by atoms with E-state index in [1.807, 2.05) is 0 Å². The van der Waals surface area contributed by atoms with Crippen LogP contribution in [0.4, 0.5) is 18.9 Å². The van der Waals surface area contributed by atoms with Gasteiger partial charge in [-0.25, -0.2) is 0 Å². The van der Waals surface area contributed by atoms with E-state index in [0.29, 0.717) is 15.6 Å². The molecular formula is C14H14ClF3N2O2. The first-order valence-electron chi connectivity index (χ1n) is 6.57. The van der Waals surface area contributed by atoms with Gasteiger partial charge >= 0.3 is 6.18 Å². The number of anilines is 1. The molecule has 1 saturated heterocycles. The average molecular weight is 335 g/mol. The molecule has 2 amide bonds. The quantitative estimate of drug-likeness (QED) is 0.923. The lowest BCUT2D eigenvalue weighted by Gasteiger charge is -2.18. The summed E-state index contributed by atoms with van der Waals surface area (Å²) in [7, 11) is 0. The number of nitrogens with zero attached hydrogens (tertiary/aromatic N) is 1. The van der Waals surface area contributed by atoms with E-state index in [0.717, 1.165) is 5.56 Å². The molecule has 1 aromatic rings. The summed E-state index contributed by atoms with van der Waals surface area (Å²) >= 11 is 5.94.